The molecule has 3 heteroatoms. The second kappa shape index (κ2) is 7.00. The molecule has 0 spiro atoms. The highest BCUT2D eigenvalue weighted by atomic mass is 16.5. The first kappa shape index (κ1) is 14.5. The molecule has 1 unspecified atom stereocenters. The molecule has 2 N–H and O–H groups in total. The van der Waals surface area contributed by atoms with Crippen LogP contribution in [0.15, 0.2) is 0 Å². The summed E-state index contributed by atoms with van der Waals surface area (Å²) in [6, 6.07) is 0.125. The molecular formula is C14H27NO2. The molecule has 0 amide bonds. The smallest absolute Gasteiger partial charge is 0.306 e. The van der Waals surface area contributed by atoms with Crippen molar-refractivity contribution in [2.75, 3.05) is 7.11 Å². The normalized spacial score (nSPS) is 22.3. The number of methoxy groups -OCH3 is 1. The highest BCUT2D eigenvalue weighted by Gasteiger charge is 2.37. The molecule has 0 aromatic heterocycles. The van der Waals surface area contributed by atoms with E-state index in [4.69, 9.17) is 10.5 Å². The Morgan fingerprint density at radius 2 is 1.76 bits per heavy atom. The van der Waals surface area contributed by atoms with Gasteiger partial charge < -0.3 is 10.5 Å². The van der Waals surface area contributed by atoms with Gasteiger partial charge in [-0.3, -0.25) is 4.79 Å². The first-order valence-corrected chi connectivity index (χ1v) is 6.97. The predicted molar refractivity (Wildman–Crippen MR) is 69.7 cm³/mol. The summed E-state index contributed by atoms with van der Waals surface area (Å²) >= 11 is 0. The van der Waals surface area contributed by atoms with Gasteiger partial charge in [-0.05, 0) is 24.7 Å². The lowest BCUT2D eigenvalue weighted by atomic mass is 9.68. The molecule has 0 bridgehead atoms. The van der Waals surface area contributed by atoms with Crippen LogP contribution >= 0.6 is 0 Å². The van der Waals surface area contributed by atoms with Gasteiger partial charge >= 0.3 is 5.97 Å². The average molecular weight is 241 g/mol. The Bertz CT molecular complexity index is 232. The van der Waals surface area contributed by atoms with Gasteiger partial charge in [-0.15, -0.1) is 0 Å². The molecule has 0 saturated heterocycles. The van der Waals surface area contributed by atoms with Crippen LogP contribution in [0.3, 0.4) is 0 Å². The SMILES string of the molecule is CCC(N)C1(CC(=O)OC)CCCCCCC1. The molecule has 1 rings (SSSR count). The number of rotatable bonds is 4. The quantitative estimate of drug-likeness (QED) is 0.770. The Morgan fingerprint density at radius 3 is 2.24 bits per heavy atom. The van der Waals surface area contributed by atoms with Crippen LogP contribution in [-0.4, -0.2) is 19.1 Å². The van der Waals surface area contributed by atoms with Crippen LogP contribution in [0.1, 0.15) is 64.7 Å². The first-order valence-electron chi connectivity index (χ1n) is 6.97. The lowest BCUT2D eigenvalue weighted by Crippen LogP contribution is -2.43. The van der Waals surface area contributed by atoms with E-state index in [0.717, 1.165) is 19.3 Å². The number of carbonyl (C=O) groups excluding carboxylic acids is 1. The van der Waals surface area contributed by atoms with Crippen LogP contribution in [-0.2, 0) is 9.53 Å². The largest absolute Gasteiger partial charge is 0.469 e. The van der Waals surface area contributed by atoms with Crippen LogP contribution in [0.2, 0.25) is 0 Å². The topological polar surface area (TPSA) is 52.3 Å². The molecule has 0 aromatic rings. The number of hydrogen-bond donors (Lipinski definition) is 1. The average Bonchev–Trinajstić information content (AvgIpc) is 2.31. The Balaban J connectivity index is 2.77. The summed E-state index contributed by atoms with van der Waals surface area (Å²) < 4.78 is 4.85. The molecule has 1 atom stereocenters. The van der Waals surface area contributed by atoms with Crippen LogP contribution in [0.5, 0.6) is 0 Å². The van der Waals surface area contributed by atoms with Crippen molar-refractivity contribution >= 4 is 5.97 Å². The van der Waals surface area contributed by atoms with Crippen molar-refractivity contribution < 1.29 is 9.53 Å². The lowest BCUT2D eigenvalue weighted by Gasteiger charge is -2.39. The summed E-state index contributed by atoms with van der Waals surface area (Å²) in [4.78, 5) is 11.6. The zero-order valence-electron chi connectivity index (χ0n) is 11.3. The fourth-order valence-corrected chi connectivity index (χ4v) is 3.08. The molecule has 100 valence electrons. The number of carbonyl (C=O) groups is 1. The van der Waals surface area contributed by atoms with E-state index < -0.39 is 0 Å². The molecule has 0 aromatic carbocycles. The molecule has 1 fully saturated rings. The highest BCUT2D eigenvalue weighted by Crippen LogP contribution is 2.40. The van der Waals surface area contributed by atoms with Gasteiger partial charge in [0.1, 0.15) is 0 Å². The fourth-order valence-electron chi connectivity index (χ4n) is 3.08. The summed E-state index contributed by atoms with van der Waals surface area (Å²) in [7, 11) is 1.47. The zero-order valence-corrected chi connectivity index (χ0v) is 11.3. The highest BCUT2D eigenvalue weighted by molar-refractivity contribution is 5.70. The summed E-state index contributed by atoms with van der Waals surface area (Å²) in [5, 5.41) is 0. The van der Waals surface area contributed by atoms with Crippen molar-refractivity contribution in [3.05, 3.63) is 0 Å². The van der Waals surface area contributed by atoms with Crippen molar-refractivity contribution in [1.29, 1.82) is 0 Å². The Hall–Kier alpha value is -0.570. The second-order valence-electron chi connectivity index (χ2n) is 5.40. The Kier molecular flexibility index (Phi) is 5.96. The number of nitrogens with two attached hydrogens (primary N) is 1. The molecule has 0 radical (unpaired) electrons. The zero-order chi connectivity index (χ0) is 12.7. The summed E-state index contributed by atoms with van der Waals surface area (Å²) in [6.07, 6.45) is 9.88. The lowest BCUT2D eigenvalue weighted by molar-refractivity contribution is -0.144. The maximum atomic E-state index is 11.6. The monoisotopic (exact) mass is 241 g/mol. The van der Waals surface area contributed by atoms with Crippen LogP contribution in [0, 0.1) is 5.41 Å². The van der Waals surface area contributed by atoms with Gasteiger partial charge in [0, 0.05) is 6.04 Å². The molecule has 1 aliphatic rings. The molecule has 0 heterocycles. The van der Waals surface area contributed by atoms with Crippen LogP contribution < -0.4 is 5.73 Å². The maximum Gasteiger partial charge on any atom is 0.306 e. The van der Waals surface area contributed by atoms with E-state index in [9.17, 15) is 4.79 Å². The van der Waals surface area contributed by atoms with Crippen molar-refractivity contribution in [2.45, 2.75) is 70.8 Å². The van der Waals surface area contributed by atoms with Crippen molar-refractivity contribution in [1.82, 2.24) is 0 Å². The van der Waals surface area contributed by atoms with Crippen molar-refractivity contribution in [3.8, 4) is 0 Å². The second-order valence-corrected chi connectivity index (χ2v) is 5.40. The summed E-state index contributed by atoms with van der Waals surface area (Å²) in [6.45, 7) is 2.11. The maximum absolute atomic E-state index is 11.6. The van der Waals surface area contributed by atoms with Gasteiger partial charge in [0.25, 0.3) is 0 Å². The number of hydrogen-bond acceptors (Lipinski definition) is 3. The molecule has 1 aliphatic carbocycles. The number of esters is 1. The Morgan fingerprint density at radius 1 is 1.24 bits per heavy atom. The van der Waals surface area contributed by atoms with Gasteiger partial charge in [0.2, 0.25) is 0 Å². The van der Waals surface area contributed by atoms with Crippen LogP contribution in [0.4, 0.5) is 0 Å². The Labute approximate surface area is 105 Å². The van der Waals surface area contributed by atoms with Crippen LogP contribution in [0.25, 0.3) is 0 Å². The van der Waals surface area contributed by atoms with E-state index >= 15 is 0 Å². The summed E-state index contributed by atoms with van der Waals surface area (Å²) in [5.74, 6) is -0.102. The van der Waals surface area contributed by atoms with E-state index in [0.29, 0.717) is 6.42 Å². The van der Waals surface area contributed by atoms with E-state index in [1.807, 2.05) is 0 Å². The van der Waals surface area contributed by atoms with Crippen molar-refractivity contribution in [2.24, 2.45) is 11.1 Å². The van der Waals surface area contributed by atoms with Gasteiger partial charge in [-0.25, -0.2) is 0 Å². The third-order valence-corrected chi connectivity index (χ3v) is 4.30. The first-order chi connectivity index (χ1) is 8.14. The number of ether oxygens (including phenoxy) is 1. The fraction of sp³-hybridized carbons (Fsp3) is 0.929. The third kappa shape index (κ3) is 3.98. The molecule has 0 aliphatic heterocycles. The minimum Gasteiger partial charge on any atom is -0.469 e. The molecular weight excluding hydrogens is 214 g/mol. The van der Waals surface area contributed by atoms with Crippen molar-refractivity contribution in [3.63, 3.8) is 0 Å². The van der Waals surface area contributed by atoms with Gasteiger partial charge in [-0.1, -0.05) is 39.0 Å². The van der Waals surface area contributed by atoms with E-state index in [1.165, 1.54) is 39.2 Å². The molecule has 1 saturated carbocycles. The predicted octanol–water partition coefficient (Wildman–Crippen LogP) is 3.02. The van der Waals surface area contributed by atoms with Gasteiger partial charge in [-0.2, -0.15) is 0 Å². The summed E-state index contributed by atoms with van der Waals surface area (Å²) in [5.41, 5.74) is 6.29. The van der Waals surface area contributed by atoms with E-state index in [1.54, 1.807) is 0 Å². The van der Waals surface area contributed by atoms with Gasteiger partial charge in [0.15, 0.2) is 0 Å². The molecule has 3 nitrogen and oxygen atoms in total. The molecule has 17 heavy (non-hydrogen) atoms. The minimum atomic E-state index is -0.102. The van der Waals surface area contributed by atoms with E-state index in [2.05, 4.69) is 6.92 Å². The minimum absolute atomic E-state index is 0.0116. The van der Waals surface area contributed by atoms with Gasteiger partial charge in [0.05, 0.1) is 13.5 Å². The standard InChI is InChI=1S/C14H27NO2/c1-3-12(15)14(11-13(16)17-2)9-7-5-4-6-8-10-14/h12H,3-11,15H2,1-2H3. The third-order valence-electron chi connectivity index (χ3n) is 4.30. The van der Waals surface area contributed by atoms with E-state index in [-0.39, 0.29) is 17.4 Å².